The van der Waals surface area contributed by atoms with E-state index in [1.165, 1.54) is 6.07 Å². The first-order chi connectivity index (χ1) is 27.1. The number of rotatable bonds is 11. The molecule has 4 N–H and O–H groups in total. The van der Waals surface area contributed by atoms with Gasteiger partial charge in [0.25, 0.3) is 11.8 Å². The maximum atomic E-state index is 13.3. The number of H-pyrrole nitrogens is 2. The fraction of sp³-hybridized carbons (Fsp3) is 0.293. The third kappa shape index (κ3) is 6.81. The van der Waals surface area contributed by atoms with E-state index in [1.54, 1.807) is 19.1 Å². The van der Waals surface area contributed by atoms with Gasteiger partial charge in [0.05, 0.1) is 40.9 Å². The highest BCUT2D eigenvalue weighted by atomic mass is 16.5. The number of nitrogens with zero attached hydrogens (tertiary/aromatic N) is 4. The third-order valence-corrected chi connectivity index (χ3v) is 10.5. The first-order valence-corrected chi connectivity index (χ1v) is 18.6. The van der Waals surface area contributed by atoms with Crippen LogP contribution < -0.4 is 20.3 Å². The van der Waals surface area contributed by atoms with Crippen LogP contribution in [0.4, 0.5) is 5.69 Å². The lowest BCUT2D eigenvalue weighted by atomic mass is 9.98. The van der Waals surface area contributed by atoms with Crippen LogP contribution in [0.25, 0.3) is 33.7 Å². The lowest BCUT2D eigenvalue weighted by Gasteiger charge is -2.35. The molecule has 56 heavy (non-hydrogen) atoms. The van der Waals surface area contributed by atoms with Crippen LogP contribution in [-0.2, 0) is 14.4 Å². The van der Waals surface area contributed by atoms with Crippen molar-refractivity contribution in [1.29, 1.82) is 0 Å². The van der Waals surface area contributed by atoms with Gasteiger partial charge in [0.2, 0.25) is 17.7 Å². The minimum atomic E-state index is -1.07. The van der Waals surface area contributed by atoms with Crippen LogP contribution in [0.5, 0.6) is 5.75 Å². The van der Waals surface area contributed by atoms with E-state index in [9.17, 15) is 28.8 Å². The number of anilines is 1. The first-order valence-electron chi connectivity index (χ1n) is 18.6. The smallest absolute Gasteiger partial charge is 0.266 e. The number of piperidine rings is 1. The van der Waals surface area contributed by atoms with Gasteiger partial charge >= 0.3 is 0 Å². The third-order valence-electron chi connectivity index (χ3n) is 10.5. The van der Waals surface area contributed by atoms with E-state index >= 15 is 0 Å². The van der Waals surface area contributed by atoms with Gasteiger partial charge in [0.15, 0.2) is 11.6 Å². The number of piperazine rings is 1. The molecule has 0 radical (unpaired) electrons. The molecule has 2 saturated heterocycles. The number of fused-ring (bicyclic) bond motifs is 2. The van der Waals surface area contributed by atoms with Crippen molar-refractivity contribution in [3.05, 3.63) is 89.1 Å². The van der Waals surface area contributed by atoms with Gasteiger partial charge in [0.1, 0.15) is 18.4 Å². The Labute approximate surface area is 321 Å². The second-order valence-corrected chi connectivity index (χ2v) is 14.2. The number of carbonyl (C=O) groups is 6. The van der Waals surface area contributed by atoms with Crippen LogP contribution in [0, 0.1) is 6.92 Å². The molecule has 2 fully saturated rings. The maximum Gasteiger partial charge on any atom is 0.266 e. The highest BCUT2D eigenvalue weighted by molar-refractivity contribution is 6.24. The Hall–Kier alpha value is -6.61. The molecule has 0 aliphatic carbocycles. The summed E-state index contributed by atoms with van der Waals surface area (Å²) >= 11 is 0. The summed E-state index contributed by atoms with van der Waals surface area (Å²) in [6, 6.07) is 19.5. The normalized spacial score (nSPS) is 17.4. The van der Waals surface area contributed by atoms with Gasteiger partial charge in [-0.05, 0) is 56.2 Å². The van der Waals surface area contributed by atoms with Gasteiger partial charge in [-0.1, -0.05) is 36.4 Å². The molecule has 0 bridgehead atoms. The van der Waals surface area contributed by atoms with E-state index in [1.807, 2.05) is 49.4 Å². The lowest BCUT2D eigenvalue weighted by molar-refractivity contribution is -0.136. The number of imide groups is 2. The molecule has 3 aliphatic heterocycles. The number of amides is 5. The number of aromatic nitrogens is 3. The topological polar surface area (TPSA) is 190 Å². The monoisotopic (exact) mass is 756 g/mol. The zero-order chi connectivity index (χ0) is 39.1. The van der Waals surface area contributed by atoms with E-state index in [-0.39, 0.29) is 61.1 Å². The fourth-order valence-electron chi connectivity index (χ4n) is 7.83. The predicted molar refractivity (Wildman–Crippen MR) is 206 cm³/mol. The van der Waals surface area contributed by atoms with Crippen molar-refractivity contribution in [3.8, 4) is 28.4 Å². The van der Waals surface area contributed by atoms with Crippen molar-refractivity contribution in [2.24, 2.45) is 0 Å². The molecule has 15 heteroatoms. The van der Waals surface area contributed by atoms with Gasteiger partial charge in [-0.2, -0.15) is 0 Å². The Morgan fingerprint density at radius 2 is 1.70 bits per heavy atom. The number of hydrogen-bond acceptors (Lipinski definition) is 10. The van der Waals surface area contributed by atoms with Gasteiger partial charge in [-0.15, -0.1) is 0 Å². The number of nitrogens with one attached hydrogen (secondary N) is 4. The molecular weight excluding hydrogens is 716 g/mol. The largest absolute Gasteiger partial charge is 0.491 e. The van der Waals surface area contributed by atoms with Gasteiger partial charge < -0.3 is 24.9 Å². The molecule has 1 unspecified atom stereocenters. The van der Waals surface area contributed by atoms with Crippen LogP contribution >= 0.6 is 0 Å². The molecule has 0 spiro atoms. The molecule has 2 aromatic heterocycles. The van der Waals surface area contributed by atoms with E-state index in [2.05, 4.69) is 36.5 Å². The van der Waals surface area contributed by atoms with Crippen molar-refractivity contribution < 1.29 is 33.5 Å². The van der Waals surface area contributed by atoms with E-state index < -0.39 is 29.7 Å². The second kappa shape index (κ2) is 14.9. The Bertz CT molecular complexity index is 2410. The summed E-state index contributed by atoms with van der Waals surface area (Å²) in [7, 11) is 0. The van der Waals surface area contributed by atoms with Gasteiger partial charge in [-0.25, -0.2) is 4.98 Å². The van der Waals surface area contributed by atoms with E-state index in [0.29, 0.717) is 24.5 Å². The van der Waals surface area contributed by atoms with Crippen LogP contribution in [0.1, 0.15) is 56.5 Å². The number of aryl methyl sites for hydroxylation is 1. The first kappa shape index (κ1) is 36.4. The Balaban J connectivity index is 0.841. The van der Waals surface area contributed by atoms with Crippen molar-refractivity contribution >= 4 is 52.0 Å². The number of ketones is 1. The summed E-state index contributed by atoms with van der Waals surface area (Å²) in [5.74, 6) is -1.72. The molecule has 3 aromatic carbocycles. The predicted octanol–water partition coefficient (Wildman–Crippen LogP) is 3.45. The number of aromatic amines is 2. The van der Waals surface area contributed by atoms with Crippen molar-refractivity contribution in [1.82, 2.24) is 35.4 Å². The molecule has 5 aromatic rings. The molecule has 8 rings (SSSR count). The summed E-state index contributed by atoms with van der Waals surface area (Å²) in [6.45, 7) is 6.74. The quantitative estimate of drug-likeness (QED) is 0.0883. The summed E-state index contributed by atoms with van der Waals surface area (Å²) in [4.78, 5) is 92.9. The number of carbonyl (C=O) groups excluding carboxylic acids is 6. The Morgan fingerprint density at radius 1 is 0.911 bits per heavy atom. The number of ether oxygens (including phenoxy) is 1. The SMILES string of the molecule is CC(=O)c1c(C)[nH]c(-c2nc3ccc(N4CCN(CC(=O)NCCOc5cccc6c5C(=O)N(C5CCC(=O)NC5=O)C6=O)CC4)cc3[nH]2)c1-c1ccccc1. The summed E-state index contributed by atoms with van der Waals surface area (Å²) in [5.41, 5.74) is 6.89. The Morgan fingerprint density at radius 3 is 2.45 bits per heavy atom. The second-order valence-electron chi connectivity index (χ2n) is 14.2. The van der Waals surface area contributed by atoms with Gasteiger partial charge in [-0.3, -0.25) is 43.9 Å². The minimum absolute atomic E-state index is 0.0140. The minimum Gasteiger partial charge on any atom is -0.491 e. The molecule has 15 nitrogen and oxygen atoms in total. The van der Waals surface area contributed by atoms with E-state index in [0.717, 1.165) is 57.2 Å². The lowest BCUT2D eigenvalue weighted by Crippen LogP contribution is -2.54. The van der Waals surface area contributed by atoms with Crippen molar-refractivity contribution in [2.45, 2.75) is 32.7 Å². The zero-order valence-corrected chi connectivity index (χ0v) is 30.9. The molecule has 0 saturated carbocycles. The molecule has 286 valence electrons. The average Bonchev–Trinajstić information content (AvgIpc) is 3.85. The molecule has 3 aliphatic rings. The number of Topliss-reactive ketones (excluding diaryl/α,β-unsaturated/α-hetero) is 1. The number of imidazole rings is 1. The van der Waals surface area contributed by atoms with Crippen LogP contribution in [0.2, 0.25) is 0 Å². The standard InChI is InChI=1S/C41H40N8O7/c1-23-34(24(2)50)35(25-7-4-3-5-8-25)37(43-23)38-44-28-12-11-26(21-29(28)45-38)48-18-16-47(17-19-48)22-33(52)42-15-20-56-31-10-6-9-27-36(31)41(55)49(40(27)54)30-13-14-32(51)46-39(30)53/h3-12,21,30,43H,13-20,22H2,1-2H3,(H,42,52)(H,44,45)(H,46,51,53). The number of hydrogen-bond donors (Lipinski definition) is 4. The van der Waals surface area contributed by atoms with E-state index in [4.69, 9.17) is 9.72 Å². The highest BCUT2D eigenvalue weighted by Gasteiger charge is 2.46. The fourth-order valence-corrected chi connectivity index (χ4v) is 7.83. The van der Waals surface area contributed by atoms with Crippen LogP contribution in [0.15, 0.2) is 66.7 Å². The molecule has 5 heterocycles. The van der Waals surface area contributed by atoms with Crippen molar-refractivity contribution in [3.63, 3.8) is 0 Å². The van der Waals surface area contributed by atoms with Crippen molar-refractivity contribution in [2.75, 3.05) is 50.8 Å². The molecule has 5 amide bonds. The maximum absolute atomic E-state index is 13.3. The van der Waals surface area contributed by atoms with Gasteiger partial charge in [0, 0.05) is 55.1 Å². The molecule has 1 atom stereocenters. The Kier molecular flexibility index (Phi) is 9.68. The highest BCUT2D eigenvalue weighted by Crippen LogP contribution is 2.37. The van der Waals surface area contributed by atoms with Crippen LogP contribution in [0.3, 0.4) is 0 Å². The summed E-state index contributed by atoms with van der Waals surface area (Å²) < 4.78 is 5.84. The summed E-state index contributed by atoms with van der Waals surface area (Å²) in [6.07, 6.45) is 0.0926. The molecular formula is C41H40N8O7. The number of benzene rings is 3. The summed E-state index contributed by atoms with van der Waals surface area (Å²) in [5, 5.41) is 5.05. The average molecular weight is 757 g/mol. The van der Waals surface area contributed by atoms with Crippen LogP contribution in [-0.4, -0.2) is 112 Å². The zero-order valence-electron chi connectivity index (χ0n) is 30.9.